The Morgan fingerprint density at radius 1 is 1.06 bits per heavy atom. The van der Waals surface area contributed by atoms with E-state index in [-0.39, 0.29) is 5.69 Å². The number of hydrogen-bond donors (Lipinski definition) is 1. The van der Waals surface area contributed by atoms with Crippen LogP contribution in [0.4, 0.5) is 0 Å². The molecule has 0 amide bonds. The zero-order chi connectivity index (χ0) is 22.6. The molecule has 1 aliphatic rings. The minimum absolute atomic E-state index is 0.112. The van der Waals surface area contributed by atoms with Gasteiger partial charge in [-0.1, -0.05) is 74.7 Å². The zero-order valence-corrected chi connectivity index (χ0v) is 19.1. The smallest absolute Gasteiger partial charge is 0.299 e. The highest BCUT2D eigenvalue weighted by molar-refractivity contribution is 5.80. The van der Waals surface area contributed by atoms with Crippen molar-refractivity contribution >= 4 is 0 Å². The number of imidazole rings is 1. The van der Waals surface area contributed by atoms with Crippen LogP contribution in [-0.2, 0) is 19.5 Å². The number of aromatic amines is 1. The predicted octanol–water partition coefficient (Wildman–Crippen LogP) is 4.69. The summed E-state index contributed by atoms with van der Waals surface area (Å²) < 4.78 is 3.88. The molecule has 2 heterocycles. The average Bonchev–Trinajstić information content (AvgIpc) is 3.43. The van der Waals surface area contributed by atoms with Crippen molar-refractivity contribution in [1.82, 2.24) is 29.8 Å². The van der Waals surface area contributed by atoms with E-state index in [0.29, 0.717) is 12.4 Å². The second kappa shape index (κ2) is 9.57. The van der Waals surface area contributed by atoms with Crippen molar-refractivity contribution in [2.45, 2.75) is 58.5 Å². The monoisotopic (exact) mass is 442 g/mol. The molecule has 0 aliphatic heterocycles. The Kier molecular flexibility index (Phi) is 6.19. The average molecular weight is 443 g/mol. The van der Waals surface area contributed by atoms with Gasteiger partial charge in [0.15, 0.2) is 0 Å². The van der Waals surface area contributed by atoms with Crippen molar-refractivity contribution in [2.24, 2.45) is 5.92 Å². The molecule has 0 unspecified atom stereocenters. The summed E-state index contributed by atoms with van der Waals surface area (Å²) >= 11 is 0. The van der Waals surface area contributed by atoms with E-state index in [4.69, 9.17) is 0 Å². The second-order valence-electron chi connectivity index (χ2n) is 9.00. The third kappa shape index (κ3) is 4.82. The first kappa shape index (κ1) is 21.4. The number of aromatic nitrogens is 6. The van der Waals surface area contributed by atoms with E-state index in [2.05, 4.69) is 64.1 Å². The number of tetrazole rings is 1. The van der Waals surface area contributed by atoms with Crippen LogP contribution in [0.2, 0.25) is 0 Å². The van der Waals surface area contributed by atoms with Crippen LogP contribution in [0.1, 0.15) is 50.3 Å². The highest BCUT2D eigenvalue weighted by atomic mass is 16.1. The van der Waals surface area contributed by atoms with Gasteiger partial charge in [0, 0.05) is 24.0 Å². The summed E-state index contributed by atoms with van der Waals surface area (Å²) in [4.78, 5) is 13.1. The maximum Gasteiger partial charge on any atom is 0.328 e. The van der Waals surface area contributed by atoms with Crippen molar-refractivity contribution in [3.05, 3.63) is 76.5 Å². The molecule has 7 heteroatoms. The number of nitrogens with one attached hydrogen (secondary N) is 1. The molecule has 7 nitrogen and oxygen atoms in total. The highest BCUT2D eigenvalue weighted by Gasteiger charge is 2.22. The Labute approximate surface area is 193 Å². The second-order valence-corrected chi connectivity index (χ2v) is 9.00. The van der Waals surface area contributed by atoms with Crippen LogP contribution in [0.25, 0.3) is 22.5 Å². The van der Waals surface area contributed by atoms with Gasteiger partial charge in [0.1, 0.15) is 0 Å². The van der Waals surface area contributed by atoms with E-state index in [0.717, 1.165) is 59.7 Å². The summed E-state index contributed by atoms with van der Waals surface area (Å²) in [7, 11) is 0. The molecule has 1 fully saturated rings. The third-order valence-corrected chi connectivity index (χ3v) is 6.51. The molecule has 2 aromatic heterocycles. The van der Waals surface area contributed by atoms with Gasteiger partial charge in [-0.3, -0.25) is 9.13 Å². The molecule has 0 spiro atoms. The van der Waals surface area contributed by atoms with Gasteiger partial charge in [-0.15, -0.1) is 10.2 Å². The Bertz CT molecular complexity index is 1250. The molecule has 2 aromatic carbocycles. The summed E-state index contributed by atoms with van der Waals surface area (Å²) in [6.45, 7) is 3.56. The molecule has 4 aromatic rings. The number of H-pyrrole nitrogens is 1. The molecule has 0 bridgehead atoms. The molecule has 0 atom stereocenters. The molecule has 33 heavy (non-hydrogen) atoms. The summed E-state index contributed by atoms with van der Waals surface area (Å²) in [5, 5.41) is 14.5. The van der Waals surface area contributed by atoms with Crippen molar-refractivity contribution in [3.8, 4) is 22.5 Å². The van der Waals surface area contributed by atoms with Crippen molar-refractivity contribution in [2.75, 3.05) is 0 Å². The Morgan fingerprint density at radius 2 is 1.85 bits per heavy atom. The summed E-state index contributed by atoms with van der Waals surface area (Å²) in [5.41, 5.74) is 5.47. The minimum atomic E-state index is 0.112. The van der Waals surface area contributed by atoms with Crippen LogP contribution in [-0.4, -0.2) is 29.8 Å². The Hall–Kier alpha value is -3.48. The van der Waals surface area contributed by atoms with Crippen molar-refractivity contribution in [3.63, 3.8) is 0 Å². The van der Waals surface area contributed by atoms with Gasteiger partial charge in [0.25, 0.3) is 0 Å². The van der Waals surface area contributed by atoms with Gasteiger partial charge in [-0.25, -0.2) is 4.79 Å². The van der Waals surface area contributed by atoms with Gasteiger partial charge in [-0.05, 0) is 47.1 Å². The molecular weight excluding hydrogens is 412 g/mol. The van der Waals surface area contributed by atoms with E-state index in [1.54, 1.807) is 0 Å². The highest BCUT2D eigenvalue weighted by Crippen LogP contribution is 2.33. The minimum Gasteiger partial charge on any atom is -0.299 e. The van der Waals surface area contributed by atoms with Crippen LogP contribution in [0.5, 0.6) is 0 Å². The predicted molar refractivity (Wildman–Crippen MR) is 129 cm³/mol. The Balaban J connectivity index is 1.40. The van der Waals surface area contributed by atoms with Crippen LogP contribution >= 0.6 is 0 Å². The lowest BCUT2D eigenvalue weighted by molar-refractivity contribution is 0.590. The lowest BCUT2D eigenvalue weighted by Gasteiger charge is -2.10. The van der Waals surface area contributed by atoms with Gasteiger partial charge >= 0.3 is 5.69 Å². The molecular formula is C26H30N6O. The molecule has 0 radical (unpaired) electrons. The molecule has 170 valence electrons. The van der Waals surface area contributed by atoms with Crippen LogP contribution in [0, 0.1) is 5.92 Å². The maximum absolute atomic E-state index is 13.1. The first-order valence-corrected chi connectivity index (χ1v) is 11.9. The van der Waals surface area contributed by atoms with Crippen LogP contribution in [0.15, 0.2) is 59.5 Å². The van der Waals surface area contributed by atoms with E-state index in [1.165, 1.54) is 19.3 Å². The van der Waals surface area contributed by atoms with Crippen LogP contribution in [0.3, 0.4) is 0 Å². The fraction of sp³-hybridized carbons (Fsp3) is 0.385. The summed E-state index contributed by atoms with van der Waals surface area (Å²) in [5.74, 6) is 1.43. The Morgan fingerprint density at radius 3 is 2.55 bits per heavy atom. The lowest BCUT2D eigenvalue weighted by atomic mass is 9.98. The SMILES string of the molecule is CCCCn1cc(CCC2CC2)n(Cc2ccc(-c3ccccc3-c3nn[nH]n3)cc2)c1=O. The fourth-order valence-corrected chi connectivity index (χ4v) is 4.38. The molecule has 0 saturated heterocycles. The molecule has 1 aliphatic carbocycles. The topological polar surface area (TPSA) is 81.4 Å². The lowest BCUT2D eigenvalue weighted by Crippen LogP contribution is -2.25. The van der Waals surface area contributed by atoms with E-state index in [1.807, 2.05) is 27.3 Å². The third-order valence-electron chi connectivity index (χ3n) is 6.51. The van der Waals surface area contributed by atoms with Crippen LogP contribution < -0.4 is 5.69 Å². The zero-order valence-electron chi connectivity index (χ0n) is 19.1. The van der Waals surface area contributed by atoms with Gasteiger partial charge < -0.3 is 0 Å². The number of benzene rings is 2. The number of rotatable bonds is 10. The molecule has 5 rings (SSSR count). The summed E-state index contributed by atoms with van der Waals surface area (Å²) in [6, 6.07) is 16.5. The van der Waals surface area contributed by atoms with Crippen molar-refractivity contribution in [1.29, 1.82) is 0 Å². The van der Waals surface area contributed by atoms with Gasteiger partial charge in [-0.2, -0.15) is 5.21 Å². The number of unbranched alkanes of at least 4 members (excludes halogenated alkanes) is 1. The number of aryl methyl sites for hydroxylation is 2. The van der Waals surface area contributed by atoms with E-state index in [9.17, 15) is 4.79 Å². The normalized spacial score (nSPS) is 13.5. The quantitative estimate of drug-likeness (QED) is 0.386. The first-order chi connectivity index (χ1) is 16.2. The number of nitrogens with zero attached hydrogens (tertiary/aromatic N) is 5. The van der Waals surface area contributed by atoms with Gasteiger partial charge in [0.05, 0.1) is 6.54 Å². The van der Waals surface area contributed by atoms with E-state index >= 15 is 0 Å². The summed E-state index contributed by atoms with van der Waals surface area (Å²) in [6.07, 6.45) is 9.05. The molecule has 1 N–H and O–H groups in total. The first-order valence-electron chi connectivity index (χ1n) is 11.9. The van der Waals surface area contributed by atoms with E-state index < -0.39 is 0 Å². The van der Waals surface area contributed by atoms with Gasteiger partial charge in [0.2, 0.25) is 5.82 Å². The van der Waals surface area contributed by atoms with Crippen molar-refractivity contribution < 1.29 is 0 Å². The molecule has 1 saturated carbocycles. The number of hydrogen-bond acceptors (Lipinski definition) is 4. The largest absolute Gasteiger partial charge is 0.328 e. The maximum atomic E-state index is 13.1. The fourth-order valence-electron chi connectivity index (χ4n) is 4.38. The standard InChI is InChI=1S/C26H30N6O/c1-2-3-16-31-18-22(15-12-19-8-9-19)32(26(31)33)17-20-10-13-21(14-11-20)23-6-4-5-7-24(23)25-27-29-30-28-25/h4-7,10-11,13-14,18-19H,2-3,8-9,12,15-17H2,1H3,(H,27,28,29,30).